The van der Waals surface area contributed by atoms with Crippen molar-refractivity contribution in [2.45, 2.75) is 72.8 Å². The molecule has 24 heavy (non-hydrogen) atoms. The predicted octanol–water partition coefficient (Wildman–Crippen LogP) is 1.53. The molecule has 9 heteroatoms. The molecule has 0 saturated heterocycles. The van der Waals surface area contributed by atoms with Crippen molar-refractivity contribution in [1.29, 1.82) is 0 Å². The van der Waals surface area contributed by atoms with E-state index in [1.807, 2.05) is 7.05 Å². The third-order valence-corrected chi connectivity index (χ3v) is 3.87. The number of hydrogen-bond donors (Lipinski definition) is 1. The zero-order valence-corrected chi connectivity index (χ0v) is 16.4. The first-order valence-electron chi connectivity index (χ1n) is 8.63. The molecule has 0 fully saturated rings. The van der Waals surface area contributed by atoms with E-state index in [0.29, 0.717) is 0 Å². The lowest BCUT2D eigenvalue weighted by Crippen LogP contribution is -2.40. The molecule has 1 N–H and O–H groups in total. The summed E-state index contributed by atoms with van der Waals surface area (Å²) in [5.41, 5.74) is 3.27. The Morgan fingerprint density at radius 3 is 2.12 bits per heavy atom. The molecule has 0 amide bonds. The van der Waals surface area contributed by atoms with Gasteiger partial charge in [0.1, 0.15) is 6.54 Å². The van der Waals surface area contributed by atoms with Gasteiger partial charge in [-0.25, -0.2) is 8.42 Å². The number of rotatable bonds is 10. The largest absolute Gasteiger partial charge is 0.726 e. The van der Waals surface area contributed by atoms with Crippen molar-refractivity contribution in [2.75, 3.05) is 19.1 Å². The zero-order valence-electron chi connectivity index (χ0n) is 15.5. The van der Waals surface area contributed by atoms with Gasteiger partial charge in [-0.15, -0.1) is 9.36 Å². The van der Waals surface area contributed by atoms with Crippen molar-refractivity contribution in [2.24, 2.45) is 0 Å². The van der Waals surface area contributed by atoms with Crippen LogP contribution in [0.4, 0.5) is 0 Å². The summed E-state index contributed by atoms with van der Waals surface area (Å²) in [7, 11) is -2.45. The summed E-state index contributed by atoms with van der Waals surface area (Å²) >= 11 is 0. The van der Waals surface area contributed by atoms with Crippen molar-refractivity contribution < 1.29 is 21.8 Å². The molecular weight excluding hydrogens is 332 g/mol. The van der Waals surface area contributed by atoms with Crippen LogP contribution < -0.4 is 10.1 Å². The SMILES string of the molecule is CCCCc1n[n+](CC)c(CCCC)n1NC.CCOS(=O)(=O)[O-]. The maximum absolute atomic E-state index is 9.45. The molecule has 8 nitrogen and oxygen atoms in total. The van der Waals surface area contributed by atoms with Gasteiger partial charge in [-0.05, 0) is 31.8 Å². The molecule has 0 unspecified atom stereocenters. The van der Waals surface area contributed by atoms with Crippen molar-refractivity contribution >= 4 is 10.4 Å². The minimum absolute atomic E-state index is 0.0914. The van der Waals surface area contributed by atoms with Crippen molar-refractivity contribution in [3.05, 3.63) is 11.6 Å². The Hall–Kier alpha value is -1.19. The van der Waals surface area contributed by atoms with Gasteiger partial charge >= 0.3 is 5.82 Å². The van der Waals surface area contributed by atoms with E-state index in [4.69, 9.17) is 5.10 Å². The molecular formula is C15H32N4O4S. The summed E-state index contributed by atoms with van der Waals surface area (Å²) in [5.74, 6) is 2.48. The average Bonchev–Trinajstić information content (AvgIpc) is 2.86. The summed E-state index contributed by atoms with van der Waals surface area (Å²) in [6.07, 6.45) is 7.03. The zero-order chi connectivity index (χ0) is 18.6. The van der Waals surface area contributed by atoms with E-state index in [1.54, 1.807) is 0 Å². The summed E-state index contributed by atoms with van der Waals surface area (Å²) in [5, 5.41) is 4.71. The highest BCUT2D eigenvalue weighted by molar-refractivity contribution is 7.80. The maximum Gasteiger partial charge on any atom is 0.302 e. The van der Waals surface area contributed by atoms with Crippen LogP contribution in [-0.4, -0.2) is 36.4 Å². The van der Waals surface area contributed by atoms with Crippen LogP contribution in [-0.2, 0) is 34.0 Å². The second-order valence-corrected chi connectivity index (χ2v) is 6.28. The van der Waals surface area contributed by atoms with Gasteiger partial charge in [0, 0.05) is 13.5 Å². The van der Waals surface area contributed by atoms with Gasteiger partial charge in [-0.3, -0.25) is 9.61 Å². The van der Waals surface area contributed by atoms with E-state index < -0.39 is 10.4 Å². The fraction of sp³-hybridized carbons (Fsp3) is 0.867. The molecule has 0 aliphatic carbocycles. The van der Waals surface area contributed by atoms with E-state index in [9.17, 15) is 13.0 Å². The molecule has 0 spiro atoms. The van der Waals surface area contributed by atoms with Gasteiger partial charge in [-0.2, -0.15) is 0 Å². The fourth-order valence-electron chi connectivity index (χ4n) is 2.23. The number of aryl methyl sites for hydroxylation is 2. The normalized spacial score (nSPS) is 11.1. The Morgan fingerprint density at radius 1 is 1.17 bits per heavy atom. The Bertz CT molecular complexity index is 558. The van der Waals surface area contributed by atoms with Crippen LogP contribution in [0.1, 0.15) is 65.0 Å². The molecule has 0 radical (unpaired) electrons. The molecule has 0 aromatic carbocycles. The minimum Gasteiger partial charge on any atom is -0.726 e. The lowest BCUT2D eigenvalue weighted by atomic mass is 10.2. The molecule has 1 rings (SSSR count). The van der Waals surface area contributed by atoms with Crippen LogP contribution in [0.5, 0.6) is 0 Å². The Balaban J connectivity index is 0.000000640. The first-order valence-corrected chi connectivity index (χ1v) is 9.96. The van der Waals surface area contributed by atoms with Gasteiger partial charge in [0.2, 0.25) is 10.4 Å². The van der Waals surface area contributed by atoms with E-state index in [2.05, 4.69) is 39.7 Å². The molecule has 1 aromatic rings. The lowest BCUT2D eigenvalue weighted by molar-refractivity contribution is -0.755. The quantitative estimate of drug-likeness (QED) is 0.384. The number of unbranched alkanes of at least 4 members (excludes halogenated alkanes) is 2. The standard InChI is InChI=1S/C13H27N4.C2H6O4S/c1-5-8-10-12-15-16(7-3)13(11-9-6-2)17(12)14-4;1-2-6-7(3,4)5/h14H,5-11H2,1-4H3;2H2,1H3,(H,3,4,5)/q+1;/p-1. The Labute approximate surface area is 146 Å². The fourth-order valence-corrected chi connectivity index (χ4v) is 2.52. The maximum atomic E-state index is 9.45. The van der Waals surface area contributed by atoms with Crippen LogP contribution in [0.15, 0.2) is 0 Å². The van der Waals surface area contributed by atoms with Crippen LogP contribution in [0, 0.1) is 0 Å². The average molecular weight is 365 g/mol. The number of nitrogens with zero attached hydrogens (tertiary/aromatic N) is 3. The van der Waals surface area contributed by atoms with Crippen molar-refractivity contribution in [3.63, 3.8) is 0 Å². The molecule has 0 bridgehead atoms. The van der Waals surface area contributed by atoms with Gasteiger partial charge in [-0.1, -0.05) is 26.7 Å². The van der Waals surface area contributed by atoms with E-state index in [-0.39, 0.29) is 6.61 Å². The van der Waals surface area contributed by atoms with E-state index >= 15 is 0 Å². The molecule has 0 saturated carbocycles. The molecule has 0 atom stereocenters. The summed E-state index contributed by atoms with van der Waals surface area (Å²) in [6, 6.07) is 0. The molecule has 142 valence electrons. The highest BCUT2D eigenvalue weighted by atomic mass is 32.3. The molecule has 0 aliphatic rings. The van der Waals surface area contributed by atoms with Gasteiger partial charge in [0.15, 0.2) is 0 Å². The number of hydrogen-bond acceptors (Lipinski definition) is 6. The smallest absolute Gasteiger partial charge is 0.302 e. The van der Waals surface area contributed by atoms with Crippen LogP contribution >= 0.6 is 0 Å². The van der Waals surface area contributed by atoms with Crippen LogP contribution in [0.25, 0.3) is 0 Å². The Morgan fingerprint density at radius 2 is 1.75 bits per heavy atom. The number of aromatic nitrogens is 3. The highest BCUT2D eigenvalue weighted by Gasteiger charge is 2.23. The van der Waals surface area contributed by atoms with Gasteiger partial charge in [0.25, 0.3) is 5.82 Å². The molecule has 1 heterocycles. The van der Waals surface area contributed by atoms with E-state index in [0.717, 1.165) is 19.4 Å². The van der Waals surface area contributed by atoms with Crippen molar-refractivity contribution in [3.8, 4) is 0 Å². The topological polar surface area (TPSA) is 100 Å². The van der Waals surface area contributed by atoms with E-state index in [1.165, 1.54) is 44.3 Å². The number of nitrogens with one attached hydrogen (secondary N) is 1. The third-order valence-electron chi connectivity index (χ3n) is 3.34. The first kappa shape index (κ1) is 22.8. The Kier molecular flexibility index (Phi) is 11.6. The lowest BCUT2D eigenvalue weighted by Gasteiger charge is -2.02. The van der Waals surface area contributed by atoms with Gasteiger partial charge in [0.05, 0.1) is 13.0 Å². The monoisotopic (exact) mass is 364 g/mol. The second kappa shape index (κ2) is 12.2. The summed E-state index contributed by atoms with van der Waals surface area (Å²) < 4.78 is 36.3. The van der Waals surface area contributed by atoms with Gasteiger partial charge < -0.3 is 4.55 Å². The first-order chi connectivity index (χ1) is 11.3. The predicted molar refractivity (Wildman–Crippen MR) is 91.9 cm³/mol. The van der Waals surface area contributed by atoms with Crippen LogP contribution in [0.3, 0.4) is 0 Å². The minimum atomic E-state index is -4.42. The van der Waals surface area contributed by atoms with Crippen molar-refractivity contribution in [1.82, 2.24) is 9.77 Å². The summed E-state index contributed by atoms with van der Waals surface area (Å²) in [4.78, 5) is 0. The third kappa shape index (κ3) is 8.60. The highest BCUT2D eigenvalue weighted by Crippen LogP contribution is 2.06. The molecule has 1 aromatic heterocycles. The molecule has 0 aliphatic heterocycles. The van der Waals surface area contributed by atoms with Crippen LogP contribution in [0.2, 0.25) is 0 Å². The second-order valence-electron chi connectivity index (χ2n) is 5.23. The summed E-state index contributed by atoms with van der Waals surface area (Å²) in [6.45, 7) is 8.90.